The van der Waals surface area contributed by atoms with Gasteiger partial charge in [-0.3, -0.25) is 0 Å². The van der Waals surface area contributed by atoms with Gasteiger partial charge in [-0.25, -0.2) is 0 Å². The highest BCUT2D eigenvalue weighted by molar-refractivity contribution is 6.59. The lowest BCUT2D eigenvalue weighted by molar-refractivity contribution is 1.03. The Balaban J connectivity index is 2.62. The van der Waals surface area contributed by atoms with Crippen LogP contribution in [0.1, 0.15) is 13.3 Å². The molecule has 56 valence electrons. The number of allylic oxidation sites excluding steroid dienone is 4. The summed E-state index contributed by atoms with van der Waals surface area (Å²) in [5, 5.41) is 0. The van der Waals surface area contributed by atoms with Crippen molar-refractivity contribution in [2.45, 2.75) is 32.0 Å². The zero-order chi connectivity index (χ0) is 7.56. The molecule has 0 aliphatic heterocycles. The summed E-state index contributed by atoms with van der Waals surface area (Å²) >= 11 is 0. The molecule has 1 aliphatic carbocycles. The second-order valence-electron chi connectivity index (χ2n) is 3.25. The SMILES string of the molecule is CCC1=CC=CC1[SiH](C)C. The Kier molecular flexibility index (Phi) is 2.49. The van der Waals surface area contributed by atoms with E-state index >= 15 is 0 Å². The topological polar surface area (TPSA) is 0 Å². The molecule has 0 heterocycles. The Morgan fingerprint density at radius 2 is 2.20 bits per heavy atom. The van der Waals surface area contributed by atoms with Crippen LogP contribution in [0.15, 0.2) is 23.8 Å². The van der Waals surface area contributed by atoms with Gasteiger partial charge >= 0.3 is 0 Å². The molecule has 0 saturated carbocycles. The Morgan fingerprint density at radius 3 is 2.60 bits per heavy atom. The third kappa shape index (κ3) is 1.40. The van der Waals surface area contributed by atoms with Gasteiger partial charge in [-0.05, 0) is 12.0 Å². The van der Waals surface area contributed by atoms with Gasteiger partial charge in [0.25, 0.3) is 0 Å². The lowest BCUT2D eigenvalue weighted by atomic mass is 10.2. The van der Waals surface area contributed by atoms with E-state index in [0.29, 0.717) is 0 Å². The van der Waals surface area contributed by atoms with Gasteiger partial charge in [0, 0.05) is 8.80 Å². The average molecular weight is 152 g/mol. The van der Waals surface area contributed by atoms with E-state index in [0.717, 1.165) is 5.54 Å². The number of hydrogen-bond acceptors (Lipinski definition) is 0. The predicted octanol–water partition coefficient (Wildman–Crippen LogP) is 2.75. The first-order valence-corrected chi connectivity index (χ1v) is 7.10. The molecular weight excluding hydrogens is 136 g/mol. The molecule has 1 rings (SSSR count). The van der Waals surface area contributed by atoms with E-state index in [2.05, 4.69) is 38.2 Å². The zero-order valence-corrected chi connectivity index (χ0v) is 8.25. The highest BCUT2D eigenvalue weighted by Gasteiger charge is 2.16. The van der Waals surface area contributed by atoms with Crippen molar-refractivity contribution in [2.75, 3.05) is 0 Å². The minimum absolute atomic E-state index is 0.454. The van der Waals surface area contributed by atoms with Crippen LogP contribution in [0.25, 0.3) is 0 Å². The maximum absolute atomic E-state index is 2.42. The van der Waals surface area contributed by atoms with Crippen LogP contribution >= 0.6 is 0 Å². The van der Waals surface area contributed by atoms with E-state index in [1.165, 1.54) is 6.42 Å². The van der Waals surface area contributed by atoms with Gasteiger partial charge in [0.1, 0.15) is 0 Å². The Hall–Kier alpha value is -0.303. The standard InChI is InChI=1S/C9H16Si/c1-4-8-6-5-7-9(8)10(2)3/h5-7,9-10H,4H2,1-3H3. The molecule has 0 amide bonds. The molecule has 1 unspecified atom stereocenters. The molecule has 0 N–H and O–H groups in total. The molecule has 0 aromatic rings. The molecule has 0 aromatic carbocycles. The fourth-order valence-electron chi connectivity index (χ4n) is 1.54. The quantitative estimate of drug-likeness (QED) is 0.534. The minimum Gasteiger partial charge on any atom is -0.0804 e. The van der Waals surface area contributed by atoms with E-state index in [9.17, 15) is 0 Å². The van der Waals surface area contributed by atoms with Crippen LogP contribution in [-0.4, -0.2) is 8.80 Å². The molecule has 10 heavy (non-hydrogen) atoms. The van der Waals surface area contributed by atoms with Crippen molar-refractivity contribution in [1.82, 2.24) is 0 Å². The zero-order valence-electron chi connectivity index (χ0n) is 7.09. The first-order valence-electron chi connectivity index (χ1n) is 4.13. The first kappa shape index (κ1) is 7.80. The molecular formula is C9H16Si. The molecule has 0 aromatic heterocycles. The van der Waals surface area contributed by atoms with Gasteiger partial charge in [-0.1, -0.05) is 43.8 Å². The summed E-state index contributed by atoms with van der Waals surface area (Å²) in [4.78, 5) is 0. The van der Waals surface area contributed by atoms with E-state index in [1.54, 1.807) is 5.57 Å². The fraction of sp³-hybridized carbons (Fsp3) is 0.556. The Bertz CT molecular complexity index is 166. The van der Waals surface area contributed by atoms with Crippen LogP contribution < -0.4 is 0 Å². The highest BCUT2D eigenvalue weighted by Crippen LogP contribution is 2.29. The van der Waals surface area contributed by atoms with Crippen LogP contribution in [0.4, 0.5) is 0 Å². The van der Waals surface area contributed by atoms with Crippen LogP contribution in [0.2, 0.25) is 18.6 Å². The Morgan fingerprint density at radius 1 is 1.50 bits per heavy atom. The smallest absolute Gasteiger partial charge is 0.0431 e. The van der Waals surface area contributed by atoms with Crippen LogP contribution in [0.5, 0.6) is 0 Å². The summed E-state index contributed by atoms with van der Waals surface area (Å²) < 4.78 is 0. The third-order valence-electron chi connectivity index (χ3n) is 2.18. The molecule has 1 atom stereocenters. The predicted molar refractivity (Wildman–Crippen MR) is 50.1 cm³/mol. The highest BCUT2D eigenvalue weighted by atomic mass is 28.3. The van der Waals surface area contributed by atoms with Crippen molar-refractivity contribution in [3.05, 3.63) is 23.8 Å². The van der Waals surface area contributed by atoms with Crippen LogP contribution in [-0.2, 0) is 0 Å². The monoisotopic (exact) mass is 152 g/mol. The van der Waals surface area contributed by atoms with E-state index < -0.39 is 8.80 Å². The van der Waals surface area contributed by atoms with Crippen LogP contribution in [0, 0.1) is 0 Å². The average Bonchev–Trinajstić information content (AvgIpc) is 2.33. The summed E-state index contributed by atoms with van der Waals surface area (Å²) in [6.07, 6.45) is 8.12. The van der Waals surface area contributed by atoms with Gasteiger partial charge in [-0.2, -0.15) is 0 Å². The van der Waals surface area contributed by atoms with Gasteiger partial charge < -0.3 is 0 Å². The van der Waals surface area contributed by atoms with E-state index in [-0.39, 0.29) is 0 Å². The summed E-state index contributed by atoms with van der Waals surface area (Å²) in [5.74, 6) is 0. The van der Waals surface area contributed by atoms with Crippen molar-refractivity contribution in [3.8, 4) is 0 Å². The minimum atomic E-state index is -0.454. The Labute approximate surface area is 65.3 Å². The maximum atomic E-state index is 2.42. The van der Waals surface area contributed by atoms with Crippen molar-refractivity contribution in [2.24, 2.45) is 0 Å². The summed E-state index contributed by atoms with van der Waals surface area (Å²) in [6, 6.07) is 0. The third-order valence-corrected chi connectivity index (χ3v) is 4.27. The number of hydrogen-bond donors (Lipinski definition) is 0. The van der Waals surface area contributed by atoms with Crippen molar-refractivity contribution in [3.63, 3.8) is 0 Å². The molecule has 0 bridgehead atoms. The van der Waals surface area contributed by atoms with Crippen LogP contribution in [0.3, 0.4) is 0 Å². The van der Waals surface area contributed by atoms with Gasteiger partial charge in [0.2, 0.25) is 0 Å². The fourth-order valence-corrected chi connectivity index (χ4v) is 3.31. The van der Waals surface area contributed by atoms with E-state index in [4.69, 9.17) is 0 Å². The molecule has 0 nitrogen and oxygen atoms in total. The molecule has 0 spiro atoms. The van der Waals surface area contributed by atoms with Gasteiger partial charge in [-0.15, -0.1) is 0 Å². The molecule has 0 radical (unpaired) electrons. The molecule has 1 heteroatoms. The van der Waals surface area contributed by atoms with E-state index in [1.807, 2.05) is 0 Å². The molecule has 0 fully saturated rings. The molecule has 0 saturated heterocycles. The normalized spacial score (nSPS) is 24.0. The first-order chi connectivity index (χ1) is 4.75. The second kappa shape index (κ2) is 3.20. The lowest BCUT2D eigenvalue weighted by Crippen LogP contribution is -2.09. The number of rotatable bonds is 2. The largest absolute Gasteiger partial charge is 0.0804 e. The van der Waals surface area contributed by atoms with Gasteiger partial charge in [0.15, 0.2) is 0 Å². The van der Waals surface area contributed by atoms with Crippen molar-refractivity contribution >= 4 is 8.80 Å². The van der Waals surface area contributed by atoms with Crippen molar-refractivity contribution in [1.29, 1.82) is 0 Å². The summed E-state index contributed by atoms with van der Waals surface area (Å²) in [5.41, 5.74) is 2.52. The lowest BCUT2D eigenvalue weighted by Gasteiger charge is -2.14. The maximum Gasteiger partial charge on any atom is 0.0431 e. The second-order valence-corrected chi connectivity index (χ2v) is 6.46. The van der Waals surface area contributed by atoms with Gasteiger partial charge in [0.05, 0.1) is 0 Å². The summed E-state index contributed by atoms with van der Waals surface area (Å²) in [7, 11) is -0.454. The molecule has 1 aliphatic rings. The summed E-state index contributed by atoms with van der Waals surface area (Å²) in [6.45, 7) is 7.09. The van der Waals surface area contributed by atoms with Crippen molar-refractivity contribution < 1.29 is 0 Å².